The molecule has 0 aliphatic heterocycles. The minimum Gasteiger partial charge on any atom is -0.253 e. The first-order chi connectivity index (χ1) is 16.0. The molecule has 34 heavy (non-hydrogen) atoms. The molecule has 0 bridgehead atoms. The fourth-order valence-corrected chi connectivity index (χ4v) is 7.83. The van der Waals surface area contributed by atoms with E-state index in [1.165, 1.54) is 26.2 Å². The van der Waals surface area contributed by atoms with Crippen molar-refractivity contribution in [1.29, 1.82) is 5.26 Å². The van der Waals surface area contributed by atoms with Gasteiger partial charge in [-0.25, -0.2) is 0 Å². The molecular formula is C30H30N2SSi. The Kier molecular flexibility index (Phi) is 5.39. The van der Waals surface area contributed by atoms with Crippen molar-refractivity contribution in [2.75, 3.05) is 0 Å². The number of thiophene rings is 1. The molecule has 5 rings (SSSR count). The maximum Gasteiger partial charge on any atom is 0.101 e. The minimum atomic E-state index is -1.59. The van der Waals surface area contributed by atoms with Gasteiger partial charge in [0, 0.05) is 27.2 Å². The molecule has 0 saturated heterocycles. The van der Waals surface area contributed by atoms with Crippen LogP contribution in [0.25, 0.3) is 42.2 Å². The Hall–Kier alpha value is -3.00. The van der Waals surface area contributed by atoms with Crippen LogP contribution in [-0.2, 0) is 6.42 Å². The molecule has 0 aliphatic rings. The first-order valence-corrected chi connectivity index (χ1v) is 16.1. The third-order valence-corrected chi connectivity index (χ3v) is 9.55. The summed E-state index contributed by atoms with van der Waals surface area (Å²) in [6, 6.07) is 22.4. The Labute approximate surface area is 206 Å². The van der Waals surface area contributed by atoms with Crippen LogP contribution >= 0.6 is 11.3 Å². The molecule has 5 aromatic rings. The zero-order valence-electron chi connectivity index (χ0n) is 20.8. The second kappa shape index (κ2) is 8.04. The van der Waals surface area contributed by atoms with Gasteiger partial charge in [-0.2, -0.15) is 5.26 Å². The fraction of sp³-hybridized carbons (Fsp3) is 0.267. The van der Waals surface area contributed by atoms with Gasteiger partial charge in [0.2, 0.25) is 0 Å². The lowest BCUT2D eigenvalue weighted by Gasteiger charge is -2.21. The normalized spacial score (nSPS) is 12.5. The summed E-state index contributed by atoms with van der Waals surface area (Å²) < 4.78 is 2.34. The van der Waals surface area contributed by atoms with E-state index in [1.54, 1.807) is 17.5 Å². The maximum atomic E-state index is 9.89. The summed E-state index contributed by atoms with van der Waals surface area (Å²) in [5.74, 6) is 0. The summed E-state index contributed by atoms with van der Waals surface area (Å²) in [5.41, 5.74) is 4.35. The highest BCUT2D eigenvalue weighted by molar-refractivity contribution is 7.26. The zero-order chi connectivity index (χ0) is 24.3. The molecule has 0 atom stereocenters. The van der Waals surface area contributed by atoms with Gasteiger partial charge in [-0.05, 0) is 40.3 Å². The molecule has 0 fully saturated rings. The van der Waals surface area contributed by atoms with E-state index in [2.05, 4.69) is 101 Å². The second-order valence-electron chi connectivity index (χ2n) is 11.5. The smallest absolute Gasteiger partial charge is 0.101 e. The average molecular weight is 479 g/mol. The van der Waals surface area contributed by atoms with Gasteiger partial charge in [-0.15, -0.1) is 11.3 Å². The van der Waals surface area contributed by atoms with Crippen LogP contribution in [-0.4, -0.2) is 13.1 Å². The van der Waals surface area contributed by atoms with Crippen molar-refractivity contribution >= 4 is 55.5 Å². The van der Waals surface area contributed by atoms with Crippen molar-refractivity contribution in [3.8, 4) is 17.3 Å². The van der Waals surface area contributed by atoms with Crippen molar-refractivity contribution < 1.29 is 0 Å². The summed E-state index contributed by atoms with van der Waals surface area (Å²) in [7, 11) is -1.59. The van der Waals surface area contributed by atoms with E-state index >= 15 is 0 Å². The van der Waals surface area contributed by atoms with Crippen LogP contribution in [0.15, 0.2) is 60.8 Å². The standard InChI is InChI=1S/C30H30N2SSi/c1-30(2,3)16-19-11-12-24-25(13-19)33-29-27(24)22(17-31)18-32-28(29)21-14-20-9-7-8-10-23(20)26(15-21)34(4,5)6/h7-15,18H,16H2,1-6H3. The van der Waals surface area contributed by atoms with Crippen LogP contribution in [0.2, 0.25) is 19.6 Å². The van der Waals surface area contributed by atoms with E-state index < -0.39 is 8.07 Å². The van der Waals surface area contributed by atoms with E-state index in [-0.39, 0.29) is 5.41 Å². The topological polar surface area (TPSA) is 36.7 Å². The number of hydrogen-bond acceptors (Lipinski definition) is 3. The van der Waals surface area contributed by atoms with E-state index in [0.717, 1.165) is 33.2 Å². The highest BCUT2D eigenvalue weighted by Crippen LogP contribution is 2.41. The van der Waals surface area contributed by atoms with E-state index in [1.807, 2.05) is 0 Å². The van der Waals surface area contributed by atoms with Crippen molar-refractivity contribution in [3.05, 3.63) is 71.9 Å². The van der Waals surface area contributed by atoms with Crippen LogP contribution in [0.3, 0.4) is 0 Å². The molecule has 0 unspecified atom stereocenters. The number of pyridine rings is 1. The first kappa shape index (κ1) is 22.8. The molecular weight excluding hydrogens is 448 g/mol. The largest absolute Gasteiger partial charge is 0.253 e. The first-order valence-electron chi connectivity index (χ1n) is 11.8. The summed E-state index contributed by atoms with van der Waals surface area (Å²) in [4.78, 5) is 4.86. The minimum absolute atomic E-state index is 0.229. The van der Waals surface area contributed by atoms with Crippen LogP contribution < -0.4 is 5.19 Å². The predicted octanol–water partition coefficient (Wildman–Crippen LogP) is 8.28. The molecule has 2 heterocycles. The van der Waals surface area contributed by atoms with E-state index in [4.69, 9.17) is 4.98 Å². The van der Waals surface area contributed by atoms with Gasteiger partial charge >= 0.3 is 0 Å². The molecule has 4 heteroatoms. The molecule has 2 nitrogen and oxygen atoms in total. The number of benzene rings is 3. The van der Waals surface area contributed by atoms with E-state index in [9.17, 15) is 5.26 Å². The molecule has 0 saturated carbocycles. The summed E-state index contributed by atoms with van der Waals surface area (Å²) in [5, 5.41) is 16.1. The van der Waals surface area contributed by atoms with Crippen molar-refractivity contribution in [1.82, 2.24) is 4.98 Å². The Bertz CT molecular complexity index is 1610. The van der Waals surface area contributed by atoms with Gasteiger partial charge in [-0.3, -0.25) is 4.98 Å². The molecule has 0 spiro atoms. The van der Waals surface area contributed by atoms with Gasteiger partial charge in [0.15, 0.2) is 0 Å². The van der Waals surface area contributed by atoms with Crippen LogP contribution in [0.4, 0.5) is 0 Å². The Balaban J connectivity index is 1.80. The number of fused-ring (bicyclic) bond motifs is 4. The number of hydrogen-bond donors (Lipinski definition) is 0. The van der Waals surface area contributed by atoms with Crippen molar-refractivity contribution in [2.24, 2.45) is 5.41 Å². The Morgan fingerprint density at radius 3 is 2.44 bits per heavy atom. The summed E-state index contributed by atoms with van der Waals surface area (Å²) >= 11 is 1.77. The quantitative estimate of drug-likeness (QED) is 0.245. The molecule has 0 radical (unpaired) electrons. The summed E-state index contributed by atoms with van der Waals surface area (Å²) in [6.07, 6.45) is 2.79. The highest BCUT2D eigenvalue weighted by atomic mass is 32.1. The van der Waals surface area contributed by atoms with Gasteiger partial charge in [-0.1, -0.05) is 88.1 Å². The third-order valence-electron chi connectivity index (χ3n) is 6.36. The summed E-state index contributed by atoms with van der Waals surface area (Å²) in [6.45, 7) is 14.0. The highest BCUT2D eigenvalue weighted by Gasteiger charge is 2.22. The number of nitriles is 1. The average Bonchev–Trinajstić information content (AvgIpc) is 3.14. The number of rotatable bonds is 3. The molecule has 0 amide bonds. The fourth-order valence-electron chi connectivity index (χ4n) is 4.91. The maximum absolute atomic E-state index is 9.89. The lowest BCUT2D eigenvalue weighted by molar-refractivity contribution is 0.411. The zero-order valence-corrected chi connectivity index (χ0v) is 22.6. The molecule has 3 aromatic carbocycles. The Morgan fingerprint density at radius 2 is 1.74 bits per heavy atom. The SMILES string of the molecule is CC(C)(C)Cc1ccc2c(c1)sc1c(-c3cc([Si](C)(C)C)c4ccccc4c3)ncc(C#N)c12. The molecule has 170 valence electrons. The third kappa shape index (κ3) is 4.04. The predicted molar refractivity (Wildman–Crippen MR) is 151 cm³/mol. The van der Waals surface area contributed by atoms with Crippen LogP contribution in [0.5, 0.6) is 0 Å². The lowest BCUT2D eigenvalue weighted by Crippen LogP contribution is -2.38. The van der Waals surface area contributed by atoms with Gasteiger partial charge < -0.3 is 0 Å². The van der Waals surface area contributed by atoms with Crippen molar-refractivity contribution in [2.45, 2.75) is 46.8 Å². The number of nitrogens with zero attached hydrogens (tertiary/aromatic N) is 2. The molecule has 0 N–H and O–H groups in total. The molecule has 0 aliphatic carbocycles. The monoisotopic (exact) mass is 478 g/mol. The van der Waals surface area contributed by atoms with Crippen LogP contribution in [0, 0.1) is 16.7 Å². The Morgan fingerprint density at radius 1 is 0.971 bits per heavy atom. The van der Waals surface area contributed by atoms with E-state index in [0.29, 0.717) is 5.56 Å². The number of aromatic nitrogens is 1. The molecule has 2 aromatic heterocycles. The van der Waals surface area contributed by atoms with Crippen molar-refractivity contribution in [3.63, 3.8) is 0 Å². The second-order valence-corrected chi connectivity index (χ2v) is 17.6. The lowest BCUT2D eigenvalue weighted by atomic mass is 9.88. The van der Waals surface area contributed by atoms with Gasteiger partial charge in [0.25, 0.3) is 0 Å². The van der Waals surface area contributed by atoms with Crippen LogP contribution in [0.1, 0.15) is 31.9 Å². The van der Waals surface area contributed by atoms with Gasteiger partial charge in [0.05, 0.1) is 24.0 Å². The van der Waals surface area contributed by atoms with Gasteiger partial charge in [0.1, 0.15) is 6.07 Å².